The molecule has 0 saturated carbocycles. The normalized spacial score (nSPS) is 16.7. The molecule has 1 N–H and O–H groups in total. The molecule has 1 atom stereocenters. The number of halogens is 3. The number of alkyl halides is 2. The van der Waals surface area contributed by atoms with E-state index in [0.29, 0.717) is 18.8 Å². The van der Waals surface area contributed by atoms with Gasteiger partial charge < -0.3 is 14.8 Å². The minimum atomic E-state index is -2.96. The number of hydrogen-bond donors (Lipinski definition) is 1. The van der Waals surface area contributed by atoms with Crippen molar-refractivity contribution in [1.29, 1.82) is 0 Å². The maximum absolute atomic E-state index is 12.5. The minimum absolute atomic E-state index is 0.00731. The zero-order valence-electron chi connectivity index (χ0n) is 15.1. The van der Waals surface area contributed by atoms with Crippen molar-refractivity contribution >= 4 is 34.5 Å². The third-order valence-electron chi connectivity index (χ3n) is 4.24. The Bertz CT molecular complexity index is 771. The van der Waals surface area contributed by atoms with Crippen molar-refractivity contribution in [2.45, 2.75) is 32.1 Å². The largest absolute Gasteiger partial charge is 0.433 e. The molecule has 28 heavy (non-hydrogen) atoms. The van der Waals surface area contributed by atoms with Crippen molar-refractivity contribution in [2.75, 3.05) is 25.0 Å². The number of thiophene rings is 1. The summed E-state index contributed by atoms with van der Waals surface area (Å²) in [5, 5.41) is 4.76. The predicted molar refractivity (Wildman–Crippen MR) is 105 cm³/mol. The van der Waals surface area contributed by atoms with Gasteiger partial charge in [0.15, 0.2) is 0 Å². The molecule has 1 saturated heterocycles. The van der Waals surface area contributed by atoms with Gasteiger partial charge in [-0.25, -0.2) is 0 Å². The van der Waals surface area contributed by atoms with Gasteiger partial charge >= 0.3 is 6.61 Å². The summed E-state index contributed by atoms with van der Waals surface area (Å²) < 4.78 is 34.6. The second kappa shape index (κ2) is 10.2. The highest BCUT2D eigenvalue weighted by Gasteiger charge is 2.21. The van der Waals surface area contributed by atoms with Crippen LogP contribution < -0.4 is 10.1 Å². The number of nitrogens with one attached hydrogen (secondary N) is 1. The van der Waals surface area contributed by atoms with Crippen LogP contribution in [-0.2, 0) is 16.1 Å². The number of anilines is 1. The number of carbonyl (C=O) groups excluding carboxylic acids is 1. The van der Waals surface area contributed by atoms with Crippen LogP contribution in [-0.4, -0.2) is 43.2 Å². The molecule has 1 aromatic heterocycles. The monoisotopic (exact) mass is 430 g/mol. The van der Waals surface area contributed by atoms with E-state index in [1.807, 2.05) is 22.4 Å². The van der Waals surface area contributed by atoms with Crippen molar-refractivity contribution in [3.8, 4) is 5.75 Å². The van der Waals surface area contributed by atoms with E-state index in [-0.39, 0.29) is 29.3 Å². The molecule has 1 aliphatic rings. The Kier molecular flexibility index (Phi) is 7.61. The number of amides is 1. The van der Waals surface area contributed by atoms with Crippen LogP contribution in [0.2, 0.25) is 5.02 Å². The van der Waals surface area contributed by atoms with Gasteiger partial charge in [-0.1, -0.05) is 17.7 Å². The molecule has 152 valence electrons. The smallest absolute Gasteiger partial charge is 0.387 e. The maximum Gasteiger partial charge on any atom is 0.387 e. The molecule has 0 aliphatic carbocycles. The number of nitrogens with zero attached hydrogens (tertiary/aromatic N) is 1. The summed E-state index contributed by atoms with van der Waals surface area (Å²) in [7, 11) is 0. The lowest BCUT2D eigenvalue weighted by Gasteiger charge is -2.24. The lowest BCUT2D eigenvalue weighted by atomic mass is 10.2. The fourth-order valence-electron chi connectivity index (χ4n) is 3.06. The first-order chi connectivity index (χ1) is 13.5. The van der Waals surface area contributed by atoms with Gasteiger partial charge in [0.1, 0.15) is 5.75 Å². The van der Waals surface area contributed by atoms with E-state index < -0.39 is 6.61 Å². The van der Waals surface area contributed by atoms with E-state index in [9.17, 15) is 13.6 Å². The number of carbonyl (C=O) groups is 1. The standard InChI is InChI=1S/C19H21ClF2N2O3S/c20-16-9-13(5-6-17(16)27-19(21)22)23-18(25)12-24(10-14-3-1-7-26-14)11-15-4-2-8-28-15/h2,4-6,8-9,14,19H,1,3,7,10-12H2,(H,23,25). The minimum Gasteiger partial charge on any atom is -0.433 e. The summed E-state index contributed by atoms with van der Waals surface area (Å²) in [6.07, 6.45) is 2.16. The molecule has 9 heteroatoms. The molecule has 0 radical (unpaired) electrons. The van der Waals surface area contributed by atoms with Crippen LogP contribution in [0.3, 0.4) is 0 Å². The lowest BCUT2D eigenvalue weighted by molar-refractivity contribution is -0.117. The highest BCUT2D eigenvalue weighted by molar-refractivity contribution is 7.09. The zero-order valence-corrected chi connectivity index (χ0v) is 16.6. The van der Waals surface area contributed by atoms with E-state index >= 15 is 0 Å². The average Bonchev–Trinajstić information content (AvgIpc) is 3.31. The highest BCUT2D eigenvalue weighted by atomic mass is 35.5. The van der Waals surface area contributed by atoms with Crippen LogP contribution in [0, 0.1) is 0 Å². The summed E-state index contributed by atoms with van der Waals surface area (Å²) in [6.45, 7) is -0.679. The molecule has 0 spiro atoms. The van der Waals surface area contributed by atoms with Crippen LogP contribution in [0.25, 0.3) is 0 Å². The van der Waals surface area contributed by atoms with Gasteiger partial charge in [0.25, 0.3) is 0 Å². The Hall–Kier alpha value is -1.74. The molecule has 1 amide bonds. The molecule has 5 nitrogen and oxygen atoms in total. The number of benzene rings is 1. The summed E-state index contributed by atoms with van der Waals surface area (Å²) in [5.74, 6) is -0.347. The van der Waals surface area contributed by atoms with Crippen LogP contribution in [0.5, 0.6) is 5.75 Å². The molecule has 1 aliphatic heterocycles. The number of hydrogen-bond acceptors (Lipinski definition) is 5. The molecule has 2 aromatic rings. The maximum atomic E-state index is 12.5. The van der Waals surface area contributed by atoms with Crippen molar-refractivity contribution in [2.24, 2.45) is 0 Å². The Morgan fingerprint density at radius 3 is 2.93 bits per heavy atom. The van der Waals surface area contributed by atoms with E-state index in [1.165, 1.54) is 23.1 Å². The van der Waals surface area contributed by atoms with Crippen molar-refractivity contribution in [3.63, 3.8) is 0 Å². The van der Waals surface area contributed by atoms with Gasteiger partial charge in [0.2, 0.25) is 5.91 Å². The van der Waals surface area contributed by atoms with Gasteiger partial charge in [-0.05, 0) is 42.5 Å². The fraction of sp³-hybridized carbons (Fsp3) is 0.421. The molecular weight excluding hydrogens is 410 g/mol. The van der Waals surface area contributed by atoms with Gasteiger partial charge in [-0.2, -0.15) is 8.78 Å². The van der Waals surface area contributed by atoms with Gasteiger partial charge in [-0.3, -0.25) is 9.69 Å². The highest BCUT2D eigenvalue weighted by Crippen LogP contribution is 2.29. The van der Waals surface area contributed by atoms with Gasteiger partial charge in [0, 0.05) is 30.3 Å². The van der Waals surface area contributed by atoms with Gasteiger partial charge in [0.05, 0.1) is 17.7 Å². The summed E-state index contributed by atoms with van der Waals surface area (Å²) in [6, 6.07) is 8.19. The molecule has 1 aromatic carbocycles. The Balaban J connectivity index is 1.59. The Morgan fingerprint density at radius 2 is 2.29 bits per heavy atom. The predicted octanol–water partition coefficient (Wildman–Crippen LogP) is 4.62. The Labute approximate surface area is 171 Å². The first-order valence-corrected chi connectivity index (χ1v) is 10.2. The first kappa shape index (κ1) is 21.0. The zero-order chi connectivity index (χ0) is 19.9. The number of ether oxygens (including phenoxy) is 2. The van der Waals surface area contributed by atoms with E-state index in [1.54, 1.807) is 11.3 Å². The quantitative estimate of drug-likeness (QED) is 0.630. The molecule has 3 rings (SSSR count). The second-order valence-electron chi connectivity index (χ2n) is 6.46. The summed E-state index contributed by atoms with van der Waals surface area (Å²) >= 11 is 7.58. The first-order valence-electron chi connectivity index (χ1n) is 8.90. The van der Waals surface area contributed by atoms with Gasteiger partial charge in [-0.15, -0.1) is 11.3 Å². The van der Waals surface area contributed by atoms with Crippen molar-refractivity contribution in [3.05, 3.63) is 45.6 Å². The third-order valence-corrected chi connectivity index (χ3v) is 5.40. The summed E-state index contributed by atoms with van der Waals surface area (Å²) in [5.41, 5.74) is 0.421. The molecular formula is C19H21ClF2N2O3S. The fourth-order valence-corrected chi connectivity index (χ4v) is 4.03. The van der Waals surface area contributed by atoms with E-state index in [0.717, 1.165) is 19.4 Å². The van der Waals surface area contributed by atoms with E-state index in [2.05, 4.69) is 10.1 Å². The molecule has 0 bridgehead atoms. The summed E-state index contributed by atoms with van der Waals surface area (Å²) in [4.78, 5) is 15.7. The van der Waals surface area contributed by atoms with Crippen LogP contribution >= 0.6 is 22.9 Å². The topological polar surface area (TPSA) is 50.8 Å². The van der Waals surface area contributed by atoms with E-state index in [4.69, 9.17) is 16.3 Å². The van der Waals surface area contributed by atoms with Crippen LogP contribution in [0.4, 0.5) is 14.5 Å². The molecule has 1 fully saturated rings. The van der Waals surface area contributed by atoms with Crippen molar-refractivity contribution in [1.82, 2.24) is 4.90 Å². The molecule has 2 heterocycles. The third kappa shape index (κ3) is 6.41. The lowest BCUT2D eigenvalue weighted by Crippen LogP contribution is -2.37. The molecule has 1 unspecified atom stereocenters. The van der Waals surface area contributed by atoms with Crippen molar-refractivity contribution < 1.29 is 23.0 Å². The van der Waals surface area contributed by atoms with Crippen LogP contribution in [0.1, 0.15) is 17.7 Å². The Morgan fingerprint density at radius 1 is 1.43 bits per heavy atom. The van der Waals surface area contributed by atoms with Crippen LogP contribution in [0.15, 0.2) is 35.7 Å². The average molecular weight is 431 g/mol. The SMILES string of the molecule is O=C(CN(Cc1cccs1)CC1CCCO1)Nc1ccc(OC(F)F)c(Cl)c1. The second-order valence-corrected chi connectivity index (χ2v) is 7.90. The number of rotatable bonds is 9.